The fourth-order valence-corrected chi connectivity index (χ4v) is 10.6. The summed E-state index contributed by atoms with van der Waals surface area (Å²) in [6.45, 7) is 14.5. The van der Waals surface area contributed by atoms with E-state index < -0.39 is 16.1 Å². The van der Waals surface area contributed by atoms with Gasteiger partial charge in [0.25, 0.3) is 0 Å². The molecule has 0 atom stereocenters. The summed E-state index contributed by atoms with van der Waals surface area (Å²) < 4.78 is 0. The summed E-state index contributed by atoms with van der Waals surface area (Å²) in [5, 5.41) is 0. The molecule has 0 aliphatic carbocycles. The van der Waals surface area contributed by atoms with Gasteiger partial charge in [-0.2, -0.15) is 0 Å². The van der Waals surface area contributed by atoms with Crippen LogP contribution in [-0.2, 0) is 12.1 Å². The lowest BCUT2D eigenvalue weighted by molar-refractivity contribution is 1.09. The minimum absolute atomic E-state index is 1.03. The Morgan fingerprint density at radius 3 is 0.909 bits per heavy atom. The zero-order valence-corrected chi connectivity index (χ0v) is 18.0. The number of benzene rings is 1. The Kier molecular flexibility index (Phi) is 8.12. The first-order valence-corrected chi connectivity index (χ1v) is 15.3. The molecule has 1 aromatic rings. The van der Waals surface area contributed by atoms with Gasteiger partial charge in [0.05, 0.1) is 16.1 Å². The second-order valence-electron chi connectivity index (χ2n) is 7.29. The minimum Gasteiger partial charge on any atom is -0.0678 e. The standard InChI is InChI=1S/C20H38Si2/c1-7-21(8-2,9-3)17-19-13-15-20(16-14-19)18-22(10-4,11-5)12-6/h13-16H,7-12,17-18H2,1-6H3. The molecular weight excluding hydrogens is 296 g/mol. The maximum Gasteiger partial charge on any atom is 0.0571 e. The predicted molar refractivity (Wildman–Crippen MR) is 108 cm³/mol. The van der Waals surface area contributed by atoms with Crippen molar-refractivity contribution < 1.29 is 0 Å². The fourth-order valence-electron chi connectivity index (χ4n) is 3.89. The third-order valence-corrected chi connectivity index (χ3v) is 18.0. The number of hydrogen-bond donors (Lipinski definition) is 0. The third-order valence-electron chi connectivity index (χ3n) is 6.68. The molecule has 0 radical (unpaired) electrons. The van der Waals surface area contributed by atoms with Crippen LogP contribution in [0.15, 0.2) is 24.3 Å². The summed E-state index contributed by atoms with van der Waals surface area (Å²) in [7, 11) is -2.07. The molecule has 0 aliphatic heterocycles. The van der Waals surface area contributed by atoms with E-state index in [0.717, 1.165) is 0 Å². The lowest BCUT2D eigenvalue weighted by atomic mass is 10.2. The van der Waals surface area contributed by atoms with E-state index in [4.69, 9.17) is 0 Å². The van der Waals surface area contributed by atoms with Gasteiger partial charge in [0, 0.05) is 0 Å². The number of hydrogen-bond acceptors (Lipinski definition) is 0. The zero-order valence-electron chi connectivity index (χ0n) is 16.0. The molecule has 2 heteroatoms. The van der Waals surface area contributed by atoms with Crippen LogP contribution in [0.2, 0.25) is 36.3 Å². The van der Waals surface area contributed by atoms with E-state index in [1.165, 1.54) is 48.4 Å². The maximum absolute atomic E-state index is 2.44. The quantitative estimate of drug-likeness (QED) is 0.410. The van der Waals surface area contributed by atoms with Crippen molar-refractivity contribution in [3.8, 4) is 0 Å². The first-order valence-electron chi connectivity index (χ1n) is 9.60. The molecule has 0 aliphatic rings. The molecule has 0 saturated heterocycles. The van der Waals surface area contributed by atoms with Crippen molar-refractivity contribution in [2.75, 3.05) is 0 Å². The van der Waals surface area contributed by atoms with Gasteiger partial charge in [0.1, 0.15) is 0 Å². The minimum atomic E-state index is -1.03. The van der Waals surface area contributed by atoms with Gasteiger partial charge < -0.3 is 0 Å². The van der Waals surface area contributed by atoms with Crippen LogP contribution in [0, 0.1) is 0 Å². The number of rotatable bonds is 10. The normalized spacial score (nSPS) is 12.6. The predicted octanol–water partition coefficient (Wildman–Crippen LogP) is 6.87. The summed E-state index contributed by atoms with van der Waals surface area (Å²) in [5.41, 5.74) is 3.19. The van der Waals surface area contributed by atoms with E-state index in [1.54, 1.807) is 11.1 Å². The van der Waals surface area contributed by atoms with Crippen molar-refractivity contribution >= 4 is 16.1 Å². The van der Waals surface area contributed by atoms with Crippen LogP contribution < -0.4 is 0 Å². The lowest BCUT2D eigenvalue weighted by Gasteiger charge is -2.29. The Morgan fingerprint density at radius 1 is 0.500 bits per heavy atom. The van der Waals surface area contributed by atoms with E-state index in [2.05, 4.69) is 65.8 Å². The average molecular weight is 335 g/mol. The molecule has 0 saturated carbocycles. The summed E-state index contributed by atoms with van der Waals surface area (Å²) in [5.74, 6) is 0. The average Bonchev–Trinajstić information content (AvgIpc) is 2.59. The van der Waals surface area contributed by atoms with E-state index in [-0.39, 0.29) is 0 Å². The van der Waals surface area contributed by atoms with E-state index in [0.29, 0.717) is 0 Å². The second kappa shape index (κ2) is 9.07. The van der Waals surface area contributed by atoms with Gasteiger partial charge in [-0.1, -0.05) is 113 Å². The summed E-state index contributed by atoms with van der Waals surface area (Å²) >= 11 is 0. The van der Waals surface area contributed by atoms with Gasteiger partial charge in [-0.05, 0) is 12.1 Å². The maximum atomic E-state index is 2.44. The molecule has 1 rings (SSSR count). The van der Waals surface area contributed by atoms with Crippen molar-refractivity contribution in [2.24, 2.45) is 0 Å². The molecule has 0 fully saturated rings. The fraction of sp³-hybridized carbons (Fsp3) is 0.700. The smallest absolute Gasteiger partial charge is 0.0571 e. The molecule has 0 N–H and O–H groups in total. The van der Waals surface area contributed by atoms with Gasteiger partial charge >= 0.3 is 0 Å². The van der Waals surface area contributed by atoms with Crippen molar-refractivity contribution in [1.29, 1.82) is 0 Å². The third kappa shape index (κ3) is 4.82. The van der Waals surface area contributed by atoms with Crippen molar-refractivity contribution in [2.45, 2.75) is 89.9 Å². The highest BCUT2D eigenvalue weighted by atomic mass is 28.3. The van der Waals surface area contributed by atoms with Crippen LogP contribution in [0.5, 0.6) is 0 Å². The summed E-state index contributed by atoms with van der Waals surface area (Å²) in [4.78, 5) is 0. The van der Waals surface area contributed by atoms with Gasteiger partial charge in [-0.3, -0.25) is 0 Å². The molecule has 0 nitrogen and oxygen atoms in total. The summed E-state index contributed by atoms with van der Waals surface area (Å²) in [6, 6.07) is 21.1. The Balaban J connectivity index is 2.82. The van der Waals surface area contributed by atoms with Crippen LogP contribution in [0.3, 0.4) is 0 Å². The van der Waals surface area contributed by atoms with Gasteiger partial charge in [0.15, 0.2) is 0 Å². The SMILES string of the molecule is CC[Si](CC)(CC)Cc1ccc(C[Si](CC)(CC)CC)cc1. The topological polar surface area (TPSA) is 0 Å². The van der Waals surface area contributed by atoms with Crippen LogP contribution in [0.4, 0.5) is 0 Å². The van der Waals surface area contributed by atoms with Gasteiger partial charge in [-0.15, -0.1) is 0 Å². The van der Waals surface area contributed by atoms with Crippen LogP contribution >= 0.6 is 0 Å². The monoisotopic (exact) mass is 334 g/mol. The van der Waals surface area contributed by atoms with Gasteiger partial charge in [-0.25, -0.2) is 0 Å². The van der Waals surface area contributed by atoms with Crippen LogP contribution in [0.25, 0.3) is 0 Å². The van der Waals surface area contributed by atoms with Crippen molar-refractivity contribution in [3.63, 3.8) is 0 Å². The van der Waals surface area contributed by atoms with E-state index >= 15 is 0 Å². The molecule has 0 unspecified atom stereocenters. The Morgan fingerprint density at radius 2 is 0.727 bits per heavy atom. The molecule has 0 aromatic heterocycles. The molecule has 126 valence electrons. The highest BCUT2D eigenvalue weighted by Crippen LogP contribution is 2.27. The molecule has 1 aromatic carbocycles. The van der Waals surface area contributed by atoms with Crippen molar-refractivity contribution in [3.05, 3.63) is 35.4 Å². The first-order chi connectivity index (χ1) is 10.5. The Labute approximate surface area is 141 Å². The van der Waals surface area contributed by atoms with Crippen LogP contribution in [-0.4, -0.2) is 16.1 Å². The molecule has 0 heterocycles. The Hall–Kier alpha value is -0.346. The lowest BCUT2D eigenvalue weighted by Crippen LogP contribution is -2.35. The molecule has 0 amide bonds. The summed E-state index contributed by atoms with van der Waals surface area (Å²) in [6.07, 6.45) is 0. The van der Waals surface area contributed by atoms with Crippen LogP contribution in [0.1, 0.15) is 52.7 Å². The molecule has 22 heavy (non-hydrogen) atoms. The second-order valence-corrected chi connectivity index (χ2v) is 18.2. The van der Waals surface area contributed by atoms with Gasteiger partial charge in [0.2, 0.25) is 0 Å². The largest absolute Gasteiger partial charge is 0.0678 e. The molecular formula is C20H38Si2. The molecule has 0 bridgehead atoms. The van der Waals surface area contributed by atoms with E-state index in [9.17, 15) is 0 Å². The highest BCUT2D eigenvalue weighted by Gasteiger charge is 2.28. The highest BCUT2D eigenvalue weighted by molar-refractivity contribution is 6.79. The zero-order chi connectivity index (χ0) is 16.6. The van der Waals surface area contributed by atoms with Crippen molar-refractivity contribution in [1.82, 2.24) is 0 Å². The molecule has 0 spiro atoms. The first kappa shape index (κ1) is 19.7. The van der Waals surface area contributed by atoms with E-state index in [1.807, 2.05) is 0 Å². The Bertz CT molecular complexity index is 356.